The summed E-state index contributed by atoms with van der Waals surface area (Å²) < 4.78 is 7.17. The number of carbonyl (C=O) groups is 2. The van der Waals surface area contributed by atoms with Crippen molar-refractivity contribution < 1.29 is 24.5 Å². The minimum Gasteiger partial charge on any atom is -0.504 e. The maximum Gasteiger partial charge on any atom is 0.321 e. The van der Waals surface area contributed by atoms with E-state index in [2.05, 4.69) is 13.8 Å². The van der Waals surface area contributed by atoms with Gasteiger partial charge in [-0.3, -0.25) is 14.5 Å². The minimum atomic E-state index is -1.16. The Labute approximate surface area is 186 Å². The predicted octanol–water partition coefficient (Wildman–Crippen LogP) is 3.61. The molecular formula is C24H27N3O5. The lowest BCUT2D eigenvalue weighted by atomic mass is 9.89. The highest BCUT2D eigenvalue weighted by Gasteiger charge is 2.47. The van der Waals surface area contributed by atoms with Gasteiger partial charge in [0.2, 0.25) is 11.9 Å². The average Bonchev–Trinajstić information content (AvgIpc) is 3.13. The lowest BCUT2D eigenvalue weighted by Crippen LogP contribution is -2.50. The van der Waals surface area contributed by atoms with Gasteiger partial charge in [-0.2, -0.15) is 0 Å². The SMILES string of the molecule is CCOC(=O)[C@@H]1C(=O)N(CCC(C)C)c2nc3ccccc3n2[C@H]1c1ccc(O)c(O)c1. The summed E-state index contributed by atoms with van der Waals surface area (Å²) in [5.41, 5.74) is 1.96. The number of aromatic nitrogens is 2. The van der Waals surface area contributed by atoms with E-state index < -0.39 is 17.9 Å². The smallest absolute Gasteiger partial charge is 0.321 e. The lowest BCUT2D eigenvalue weighted by molar-refractivity contribution is -0.153. The number of benzene rings is 2. The number of para-hydroxylation sites is 2. The van der Waals surface area contributed by atoms with E-state index in [1.54, 1.807) is 17.9 Å². The standard InChI is InChI=1S/C24H27N3O5/c1-4-32-23(31)20-21(15-9-10-18(28)19(29)13-15)27-17-8-6-5-7-16(17)25-24(27)26(22(20)30)12-11-14(2)3/h5-10,13-14,20-21,28-29H,4,11-12H2,1-3H3/t20-,21-/m0/s1. The van der Waals surface area contributed by atoms with Crippen LogP contribution in [0.5, 0.6) is 11.5 Å². The first-order valence-electron chi connectivity index (χ1n) is 10.8. The Morgan fingerprint density at radius 3 is 2.59 bits per heavy atom. The number of fused-ring (bicyclic) bond motifs is 3. The van der Waals surface area contributed by atoms with E-state index in [-0.39, 0.29) is 24.0 Å². The van der Waals surface area contributed by atoms with E-state index >= 15 is 0 Å². The van der Waals surface area contributed by atoms with Crippen molar-refractivity contribution in [3.05, 3.63) is 48.0 Å². The molecule has 0 bridgehead atoms. The van der Waals surface area contributed by atoms with Crippen molar-refractivity contribution in [2.45, 2.75) is 33.2 Å². The van der Waals surface area contributed by atoms with Crippen LogP contribution in [0, 0.1) is 11.8 Å². The zero-order valence-corrected chi connectivity index (χ0v) is 18.4. The third-order valence-electron chi connectivity index (χ3n) is 5.76. The molecule has 2 aromatic carbocycles. The van der Waals surface area contributed by atoms with Gasteiger partial charge >= 0.3 is 5.97 Å². The number of imidazole rings is 1. The number of phenols is 2. The molecule has 0 aliphatic carbocycles. The second-order valence-electron chi connectivity index (χ2n) is 8.37. The molecule has 0 saturated heterocycles. The van der Waals surface area contributed by atoms with Crippen molar-refractivity contribution in [3.63, 3.8) is 0 Å². The van der Waals surface area contributed by atoms with Crippen LogP contribution in [0.15, 0.2) is 42.5 Å². The van der Waals surface area contributed by atoms with Crippen LogP contribution in [0.2, 0.25) is 0 Å². The molecule has 2 atom stereocenters. The van der Waals surface area contributed by atoms with Crippen LogP contribution in [0.1, 0.15) is 38.8 Å². The minimum absolute atomic E-state index is 0.139. The van der Waals surface area contributed by atoms with Gasteiger partial charge in [0.05, 0.1) is 23.7 Å². The predicted molar refractivity (Wildman–Crippen MR) is 120 cm³/mol. The first-order valence-corrected chi connectivity index (χ1v) is 10.8. The van der Waals surface area contributed by atoms with E-state index in [9.17, 15) is 19.8 Å². The molecule has 0 saturated carbocycles. The molecule has 32 heavy (non-hydrogen) atoms. The topological polar surface area (TPSA) is 105 Å². The van der Waals surface area contributed by atoms with Gasteiger partial charge in [-0.05, 0) is 49.1 Å². The summed E-state index contributed by atoms with van der Waals surface area (Å²) in [6.07, 6.45) is 0.745. The molecule has 1 amide bonds. The number of esters is 1. The molecule has 3 aromatic rings. The van der Waals surface area contributed by atoms with Gasteiger partial charge in [0.25, 0.3) is 0 Å². The Kier molecular flexibility index (Phi) is 5.78. The molecular weight excluding hydrogens is 410 g/mol. The van der Waals surface area contributed by atoms with Gasteiger partial charge in [-0.25, -0.2) is 4.98 Å². The van der Waals surface area contributed by atoms with Crippen LogP contribution in [-0.4, -0.2) is 44.8 Å². The van der Waals surface area contributed by atoms with E-state index in [1.165, 1.54) is 12.1 Å². The first kappa shape index (κ1) is 21.7. The van der Waals surface area contributed by atoms with Gasteiger partial charge in [-0.15, -0.1) is 0 Å². The summed E-state index contributed by atoms with van der Waals surface area (Å²) in [6.45, 7) is 6.40. The number of phenolic OH excluding ortho intramolecular Hbond substituents is 2. The number of nitrogens with zero attached hydrogens (tertiary/aromatic N) is 3. The van der Waals surface area contributed by atoms with Crippen LogP contribution in [0.4, 0.5) is 5.95 Å². The van der Waals surface area contributed by atoms with E-state index in [4.69, 9.17) is 9.72 Å². The summed E-state index contributed by atoms with van der Waals surface area (Å²) in [5, 5.41) is 20.0. The fourth-order valence-corrected chi connectivity index (χ4v) is 4.17. The lowest BCUT2D eigenvalue weighted by Gasteiger charge is -2.38. The number of aromatic hydroxyl groups is 2. The fraction of sp³-hybridized carbons (Fsp3) is 0.375. The average molecular weight is 437 g/mol. The third kappa shape index (κ3) is 3.66. The molecule has 8 nitrogen and oxygen atoms in total. The van der Waals surface area contributed by atoms with Crippen LogP contribution in [-0.2, 0) is 14.3 Å². The summed E-state index contributed by atoms with van der Waals surface area (Å²) in [6, 6.07) is 11.0. The maximum absolute atomic E-state index is 13.7. The normalized spacial score (nSPS) is 18.2. The van der Waals surface area contributed by atoms with Gasteiger partial charge in [0.15, 0.2) is 17.4 Å². The monoisotopic (exact) mass is 437 g/mol. The van der Waals surface area contributed by atoms with Gasteiger partial charge in [-0.1, -0.05) is 32.0 Å². The highest BCUT2D eigenvalue weighted by molar-refractivity contribution is 6.08. The second-order valence-corrected chi connectivity index (χ2v) is 8.37. The number of carbonyl (C=O) groups excluding carboxylic acids is 2. The Morgan fingerprint density at radius 2 is 1.91 bits per heavy atom. The van der Waals surface area contributed by atoms with E-state index in [0.29, 0.717) is 29.5 Å². The molecule has 1 aliphatic rings. The van der Waals surface area contributed by atoms with Crippen molar-refractivity contribution in [1.82, 2.24) is 9.55 Å². The van der Waals surface area contributed by atoms with Crippen molar-refractivity contribution in [2.75, 3.05) is 18.1 Å². The van der Waals surface area contributed by atoms with Crippen LogP contribution < -0.4 is 4.90 Å². The molecule has 2 heterocycles. The number of ether oxygens (including phenoxy) is 1. The molecule has 0 spiro atoms. The summed E-state index contributed by atoms with van der Waals surface area (Å²) >= 11 is 0. The fourth-order valence-electron chi connectivity index (χ4n) is 4.17. The van der Waals surface area contributed by atoms with Gasteiger partial charge < -0.3 is 19.5 Å². The number of hydrogen-bond acceptors (Lipinski definition) is 6. The number of anilines is 1. The Bertz CT molecular complexity index is 1170. The third-order valence-corrected chi connectivity index (χ3v) is 5.76. The Hall–Kier alpha value is -3.55. The largest absolute Gasteiger partial charge is 0.504 e. The maximum atomic E-state index is 13.7. The molecule has 0 radical (unpaired) electrons. The van der Waals surface area contributed by atoms with Crippen LogP contribution in [0.25, 0.3) is 11.0 Å². The Balaban J connectivity index is 1.97. The quantitative estimate of drug-likeness (QED) is 0.347. The van der Waals surface area contributed by atoms with Gasteiger partial charge in [0.1, 0.15) is 0 Å². The van der Waals surface area contributed by atoms with Crippen LogP contribution >= 0.6 is 0 Å². The number of amides is 1. The van der Waals surface area contributed by atoms with Gasteiger partial charge in [0, 0.05) is 6.54 Å². The molecule has 0 unspecified atom stereocenters. The summed E-state index contributed by atoms with van der Waals surface area (Å²) in [4.78, 5) is 33.1. The number of rotatable bonds is 6. The molecule has 4 rings (SSSR count). The molecule has 1 aliphatic heterocycles. The molecule has 168 valence electrons. The number of hydrogen-bond donors (Lipinski definition) is 2. The van der Waals surface area contributed by atoms with E-state index in [1.807, 2.05) is 28.8 Å². The zero-order valence-electron chi connectivity index (χ0n) is 18.4. The molecule has 2 N–H and O–H groups in total. The molecule has 1 aromatic heterocycles. The van der Waals surface area contributed by atoms with Crippen molar-refractivity contribution in [3.8, 4) is 11.5 Å². The molecule has 8 heteroatoms. The first-order chi connectivity index (χ1) is 15.3. The molecule has 0 fully saturated rings. The summed E-state index contributed by atoms with van der Waals surface area (Å²) in [5.74, 6) is -1.97. The highest BCUT2D eigenvalue weighted by Crippen LogP contribution is 2.43. The van der Waals surface area contributed by atoms with Crippen molar-refractivity contribution in [1.29, 1.82) is 0 Å². The Morgan fingerprint density at radius 1 is 1.16 bits per heavy atom. The van der Waals surface area contributed by atoms with Crippen molar-refractivity contribution in [2.24, 2.45) is 11.8 Å². The van der Waals surface area contributed by atoms with Crippen molar-refractivity contribution >= 4 is 28.9 Å². The zero-order chi connectivity index (χ0) is 23.0. The second kappa shape index (κ2) is 8.53. The van der Waals surface area contributed by atoms with E-state index in [0.717, 1.165) is 11.9 Å². The summed E-state index contributed by atoms with van der Waals surface area (Å²) in [7, 11) is 0. The highest BCUT2D eigenvalue weighted by atomic mass is 16.5. The van der Waals surface area contributed by atoms with Crippen LogP contribution in [0.3, 0.4) is 0 Å².